The van der Waals surface area contributed by atoms with Crippen molar-refractivity contribution in [3.8, 4) is 0 Å². The van der Waals surface area contributed by atoms with Crippen LogP contribution in [0.3, 0.4) is 0 Å². The molecule has 1 aromatic carbocycles. The zero-order valence-corrected chi connectivity index (χ0v) is 12.8. The van der Waals surface area contributed by atoms with E-state index in [0.717, 1.165) is 16.9 Å². The van der Waals surface area contributed by atoms with E-state index < -0.39 is 0 Å². The molecule has 0 unspecified atom stereocenters. The summed E-state index contributed by atoms with van der Waals surface area (Å²) in [6.07, 6.45) is 0. The zero-order valence-electron chi connectivity index (χ0n) is 12.8. The predicted octanol–water partition coefficient (Wildman–Crippen LogP) is 2.98. The molecule has 0 aliphatic carbocycles. The van der Waals surface area contributed by atoms with E-state index in [1.807, 2.05) is 52.0 Å². The van der Waals surface area contributed by atoms with Gasteiger partial charge in [0.05, 0.1) is 0 Å². The number of hydrogen-bond donors (Lipinski definition) is 2. The van der Waals surface area contributed by atoms with Crippen LogP contribution >= 0.6 is 0 Å². The van der Waals surface area contributed by atoms with Gasteiger partial charge in [-0.05, 0) is 45.4 Å². The van der Waals surface area contributed by atoms with Gasteiger partial charge in [-0.1, -0.05) is 18.2 Å². The van der Waals surface area contributed by atoms with Gasteiger partial charge in [0.15, 0.2) is 0 Å². The summed E-state index contributed by atoms with van der Waals surface area (Å²) in [7, 11) is 0. The van der Waals surface area contributed by atoms with Gasteiger partial charge < -0.3 is 10.6 Å². The first-order valence-corrected chi connectivity index (χ1v) is 6.95. The van der Waals surface area contributed by atoms with E-state index in [1.54, 1.807) is 6.07 Å². The smallest absolute Gasteiger partial charge is 0.270 e. The topological polar surface area (TPSA) is 66.9 Å². The van der Waals surface area contributed by atoms with Gasteiger partial charge in [0, 0.05) is 17.4 Å². The maximum absolute atomic E-state index is 12.0. The summed E-state index contributed by atoms with van der Waals surface area (Å²) < 4.78 is 0. The van der Waals surface area contributed by atoms with Crippen molar-refractivity contribution in [2.45, 2.75) is 33.7 Å². The predicted molar refractivity (Wildman–Crippen MR) is 83.8 cm³/mol. The van der Waals surface area contributed by atoms with Crippen LogP contribution in [0, 0.1) is 13.8 Å². The third-order valence-corrected chi connectivity index (χ3v) is 2.90. The summed E-state index contributed by atoms with van der Waals surface area (Å²) in [4.78, 5) is 20.7. The number of anilines is 2. The summed E-state index contributed by atoms with van der Waals surface area (Å²) in [5.41, 5.74) is 3.14. The number of aromatic nitrogens is 2. The number of aryl methyl sites for hydroxylation is 2. The Hall–Kier alpha value is -2.43. The molecule has 2 N–H and O–H groups in total. The molecule has 1 aromatic heterocycles. The van der Waals surface area contributed by atoms with Crippen molar-refractivity contribution in [2.75, 3.05) is 5.32 Å². The van der Waals surface area contributed by atoms with Crippen molar-refractivity contribution in [1.82, 2.24) is 15.3 Å². The summed E-state index contributed by atoms with van der Waals surface area (Å²) in [6.45, 7) is 7.68. The quantitative estimate of drug-likeness (QED) is 0.905. The third kappa shape index (κ3) is 4.02. The Bertz CT molecular complexity index is 652. The minimum Gasteiger partial charge on any atom is -0.349 e. The lowest BCUT2D eigenvalue weighted by molar-refractivity contribution is 0.0938. The van der Waals surface area contributed by atoms with E-state index in [1.165, 1.54) is 0 Å². The second kappa shape index (κ2) is 6.35. The highest BCUT2D eigenvalue weighted by molar-refractivity contribution is 5.92. The maximum atomic E-state index is 12.0. The van der Waals surface area contributed by atoms with Gasteiger partial charge in [0.1, 0.15) is 5.69 Å². The molecule has 0 radical (unpaired) electrons. The Morgan fingerprint density at radius 3 is 2.52 bits per heavy atom. The fraction of sp³-hybridized carbons (Fsp3) is 0.312. The van der Waals surface area contributed by atoms with Crippen molar-refractivity contribution in [2.24, 2.45) is 0 Å². The molecule has 1 amide bonds. The van der Waals surface area contributed by atoms with Crippen molar-refractivity contribution in [3.63, 3.8) is 0 Å². The number of rotatable bonds is 4. The molecule has 0 bridgehead atoms. The first kappa shape index (κ1) is 15.0. The summed E-state index contributed by atoms with van der Waals surface area (Å²) >= 11 is 0. The first-order valence-electron chi connectivity index (χ1n) is 6.95. The summed E-state index contributed by atoms with van der Waals surface area (Å²) in [5.74, 6) is 0.238. The van der Waals surface area contributed by atoms with Crippen molar-refractivity contribution in [3.05, 3.63) is 47.3 Å². The Morgan fingerprint density at radius 2 is 1.86 bits per heavy atom. The number of nitrogens with zero attached hydrogens (tertiary/aromatic N) is 2. The van der Waals surface area contributed by atoms with E-state index in [4.69, 9.17) is 0 Å². The van der Waals surface area contributed by atoms with Gasteiger partial charge in [-0.3, -0.25) is 4.79 Å². The molecule has 0 fully saturated rings. The van der Waals surface area contributed by atoms with Crippen molar-refractivity contribution in [1.29, 1.82) is 0 Å². The standard InChI is InChI=1S/C16H20N4O/c1-10(2)17-15(21)14-9-12(4)18-16(20-14)19-13-8-6-5-7-11(13)3/h5-10H,1-4H3,(H,17,21)(H,18,19,20). The lowest BCUT2D eigenvalue weighted by atomic mass is 10.2. The van der Waals surface area contributed by atoms with Gasteiger partial charge in [-0.2, -0.15) is 0 Å². The van der Waals surface area contributed by atoms with Crippen LogP contribution in [-0.2, 0) is 0 Å². The molecule has 0 saturated carbocycles. The minimum absolute atomic E-state index is 0.0700. The molecule has 0 aliphatic rings. The lowest BCUT2D eigenvalue weighted by Crippen LogP contribution is -2.31. The number of para-hydroxylation sites is 1. The third-order valence-electron chi connectivity index (χ3n) is 2.90. The molecular formula is C16H20N4O. The van der Waals surface area contributed by atoms with Crippen molar-refractivity contribution < 1.29 is 4.79 Å². The summed E-state index contributed by atoms with van der Waals surface area (Å²) in [5, 5.41) is 5.99. The fourth-order valence-corrected chi connectivity index (χ4v) is 1.91. The Morgan fingerprint density at radius 1 is 1.14 bits per heavy atom. The zero-order chi connectivity index (χ0) is 15.4. The highest BCUT2D eigenvalue weighted by Crippen LogP contribution is 2.18. The summed E-state index contributed by atoms with van der Waals surface area (Å²) in [6, 6.07) is 9.62. The van der Waals surface area contributed by atoms with Crippen molar-refractivity contribution >= 4 is 17.5 Å². The molecular weight excluding hydrogens is 264 g/mol. The van der Waals surface area contributed by atoms with Crippen LogP contribution in [0.25, 0.3) is 0 Å². The first-order chi connectivity index (χ1) is 9.95. The van der Waals surface area contributed by atoms with Crippen LogP contribution in [-0.4, -0.2) is 21.9 Å². The average molecular weight is 284 g/mol. The number of hydrogen-bond acceptors (Lipinski definition) is 4. The highest BCUT2D eigenvalue weighted by Gasteiger charge is 2.12. The molecule has 0 saturated heterocycles. The van der Waals surface area contributed by atoms with Gasteiger partial charge in [-0.25, -0.2) is 9.97 Å². The fourth-order valence-electron chi connectivity index (χ4n) is 1.91. The molecule has 0 aliphatic heterocycles. The van der Waals surface area contributed by atoms with Gasteiger partial charge in [-0.15, -0.1) is 0 Å². The molecule has 1 heterocycles. The number of carbonyl (C=O) groups is 1. The average Bonchev–Trinajstić information content (AvgIpc) is 2.40. The Kier molecular flexibility index (Phi) is 4.52. The van der Waals surface area contributed by atoms with E-state index >= 15 is 0 Å². The van der Waals surface area contributed by atoms with Gasteiger partial charge in [0.25, 0.3) is 5.91 Å². The van der Waals surface area contributed by atoms with E-state index in [9.17, 15) is 4.79 Å². The Labute approximate surface area is 124 Å². The maximum Gasteiger partial charge on any atom is 0.270 e. The SMILES string of the molecule is Cc1cc(C(=O)NC(C)C)nc(Nc2ccccc2C)n1. The number of carbonyl (C=O) groups excluding carboxylic acids is 1. The van der Waals surface area contributed by atoms with Crippen LogP contribution < -0.4 is 10.6 Å². The largest absolute Gasteiger partial charge is 0.349 e. The van der Waals surface area contributed by atoms with Gasteiger partial charge in [0.2, 0.25) is 5.95 Å². The molecule has 2 aromatic rings. The Balaban J connectivity index is 2.27. The van der Waals surface area contributed by atoms with Crippen LogP contribution in [0.5, 0.6) is 0 Å². The van der Waals surface area contributed by atoms with E-state index in [2.05, 4.69) is 20.6 Å². The van der Waals surface area contributed by atoms with Crippen LogP contribution in [0.2, 0.25) is 0 Å². The number of nitrogens with one attached hydrogen (secondary N) is 2. The van der Waals surface area contributed by atoms with Crippen LogP contribution in [0.4, 0.5) is 11.6 Å². The lowest BCUT2D eigenvalue weighted by Gasteiger charge is -2.11. The molecule has 21 heavy (non-hydrogen) atoms. The van der Waals surface area contributed by atoms with E-state index in [-0.39, 0.29) is 11.9 Å². The van der Waals surface area contributed by atoms with E-state index in [0.29, 0.717) is 11.6 Å². The monoisotopic (exact) mass is 284 g/mol. The highest BCUT2D eigenvalue weighted by atomic mass is 16.1. The molecule has 5 nitrogen and oxygen atoms in total. The molecule has 110 valence electrons. The normalized spacial score (nSPS) is 10.5. The minimum atomic E-state index is -0.191. The molecule has 0 spiro atoms. The second-order valence-electron chi connectivity index (χ2n) is 5.29. The molecule has 2 rings (SSSR count). The molecule has 5 heteroatoms. The van der Waals surface area contributed by atoms with Gasteiger partial charge >= 0.3 is 0 Å². The number of amides is 1. The number of benzene rings is 1. The molecule has 0 atom stereocenters. The van der Waals surface area contributed by atoms with Crippen LogP contribution in [0.15, 0.2) is 30.3 Å². The van der Waals surface area contributed by atoms with Crippen LogP contribution in [0.1, 0.15) is 35.6 Å². The second-order valence-corrected chi connectivity index (χ2v) is 5.29.